The number of hydrogen-bond acceptors (Lipinski definition) is 2. The summed E-state index contributed by atoms with van der Waals surface area (Å²) in [6, 6.07) is 0. The molecule has 4 saturated carbocycles. The van der Waals surface area contributed by atoms with Crippen molar-refractivity contribution in [1.29, 1.82) is 0 Å². The highest BCUT2D eigenvalue weighted by Crippen LogP contribution is 2.66. The van der Waals surface area contributed by atoms with Crippen LogP contribution in [-0.2, 0) is 0 Å². The minimum Gasteiger partial charge on any atom is -0.393 e. The van der Waals surface area contributed by atoms with Gasteiger partial charge in [-0.1, -0.05) is 20.3 Å². The van der Waals surface area contributed by atoms with E-state index in [1.54, 1.807) is 0 Å². The van der Waals surface area contributed by atoms with E-state index in [9.17, 15) is 10.2 Å². The first kappa shape index (κ1) is 14.5. The number of fused-ring (bicyclic) bond motifs is 5. The molecule has 2 heteroatoms. The lowest BCUT2D eigenvalue weighted by Gasteiger charge is -2.61. The monoisotopic (exact) mass is 292 g/mol. The Bertz CT molecular complexity index is 422. The summed E-state index contributed by atoms with van der Waals surface area (Å²) in [5.41, 5.74) is 0.698. The van der Waals surface area contributed by atoms with Crippen LogP contribution in [0.25, 0.3) is 0 Å². The van der Waals surface area contributed by atoms with E-state index in [2.05, 4.69) is 13.8 Å². The lowest BCUT2D eigenvalue weighted by molar-refractivity contribution is -0.171. The van der Waals surface area contributed by atoms with Crippen molar-refractivity contribution in [2.45, 2.75) is 83.8 Å². The molecule has 120 valence electrons. The first-order valence-electron chi connectivity index (χ1n) is 9.30. The number of rotatable bonds is 0. The summed E-state index contributed by atoms with van der Waals surface area (Å²) < 4.78 is 0. The molecule has 0 aliphatic heterocycles. The zero-order chi connectivity index (χ0) is 14.8. The van der Waals surface area contributed by atoms with Crippen LogP contribution in [0.3, 0.4) is 0 Å². The maximum absolute atomic E-state index is 11.0. The van der Waals surface area contributed by atoms with Crippen molar-refractivity contribution in [3.63, 3.8) is 0 Å². The molecule has 2 N–H and O–H groups in total. The molecule has 21 heavy (non-hydrogen) atoms. The second-order valence-corrected chi connectivity index (χ2v) is 9.32. The lowest BCUT2D eigenvalue weighted by atomic mass is 9.44. The number of aliphatic hydroxyl groups excluding tert-OH is 2. The van der Waals surface area contributed by atoms with Crippen molar-refractivity contribution in [3.8, 4) is 0 Å². The van der Waals surface area contributed by atoms with Crippen molar-refractivity contribution in [3.05, 3.63) is 0 Å². The van der Waals surface area contributed by atoms with Gasteiger partial charge in [-0.3, -0.25) is 0 Å². The molecular formula is C19H32O2. The molecule has 0 amide bonds. The SMILES string of the molecule is C[C@@]12CCC[C@H]1[C@@H]1CC[C@H]3C[C@@H](O)CC[C@]3(C)[C@H]1[C@@H](O)C2. The van der Waals surface area contributed by atoms with Crippen LogP contribution in [0.1, 0.15) is 71.6 Å². The van der Waals surface area contributed by atoms with Crippen molar-refractivity contribution in [2.24, 2.45) is 34.5 Å². The lowest BCUT2D eigenvalue weighted by Crippen LogP contribution is -2.58. The van der Waals surface area contributed by atoms with Gasteiger partial charge in [0.15, 0.2) is 0 Å². The van der Waals surface area contributed by atoms with Crippen LogP contribution in [0.15, 0.2) is 0 Å². The average Bonchev–Trinajstić information content (AvgIpc) is 2.80. The third-order valence-electron chi connectivity index (χ3n) is 8.34. The molecule has 4 aliphatic carbocycles. The first-order valence-corrected chi connectivity index (χ1v) is 9.30. The molecule has 2 nitrogen and oxygen atoms in total. The summed E-state index contributed by atoms with van der Waals surface area (Å²) in [5.74, 6) is 2.75. The molecule has 0 aromatic carbocycles. The van der Waals surface area contributed by atoms with Gasteiger partial charge >= 0.3 is 0 Å². The number of hydrogen-bond donors (Lipinski definition) is 2. The Kier molecular flexibility index (Phi) is 3.25. The van der Waals surface area contributed by atoms with Crippen LogP contribution < -0.4 is 0 Å². The largest absolute Gasteiger partial charge is 0.393 e. The van der Waals surface area contributed by atoms with Gasteiger partial charge in [-0.2, -0.15) is 0 Å². The van der Waals surface area contributed by atoms with Crippen molar-refractivity contribution in [2.75, 3.05) is 0 Å². The van der Waals surface area contributed by atoms with Gasteiger partial charge in [0.2, 0.25) is 0 Å². The highest BCUT2D eigenvalue weighted by atomic mass is 16.3. The fraction of sp³-hybridized carbons (Fsp3) is 1.00. The number of aliphatic hydroxyl groups is 2. The summed E-state index contributed by atoms with van der Waals surface area (Å²) in [4.78, 5) is 0. The van der Waals surface area contributed by atoms with E-state index in [4.69, 9.17) is 0 Å². The van der Waals surface area contributed by atoms with Gasteiger partial charge in [0.1, 0.15) is 0 Å². The molecule has 8 atom stereocenters. The van der Waals surface area contributed by atoms with Gasteiger partial charge < -0.3 is 10.2 Å². The van der Waals surface area contributed by atoms with E-state index in [1.165, 1.54) is 32.1 Å². The Morgan fingerprint density at radius 1 is 0.952 bits per heavy atom. The molecule has 0 heterocycles. The van der Waals surface area contributed by atoms with Gasteiger partial charge in [-0.05, 0) is 85.9 Å². The Morgan fingerprint density at radius 2 is 1.76 bits per heavy atom. The van der Waals surface area contributed by atoms with E-state index in [0.29, 0.717) is 17.3 Å². The third kappa shape index (κ3) is 1.97. The van der Waals surface area contributed by atoms with Gasteiger partial charge in [-0.25, -0.2) is 0 Å². The molecule has 4 rings (SSSR count). The van der Waals surface area contributed by atoms with E-state index in [0.717, 1.165) is 37.5 Å². The fourth-order valence-corrected chi connectivity index (χ4v) is 7.37. The van der Waals surface area contributed by atoms with Crippen LogP contribution in [0.2, 0.25) is 0 Å². The summed E-state index contributed by atoms with van der Waals surface area (Å²) >= 11 is 0. The zero-order valence-electron chi connectivity index (χ0n) is 13.7. The Hall–Kier alpha value is -0.0800. The zero-order valence-corrected chi connectivity index (χ0v) is 13.7. The van der Waals surface area contributed by atoms with Gasteiger partial charge in [0.25, 0.3) is 0 Å². The second kappa shape index (κ2) is 4.71. The normalized spacial score (nSPS) is 60.0. The fourth-order valence-electron chi connectivity index (χ4n) is 7.37. The van der Waals surface area contributed by atoms with Crippen molar-refractivity contribution >= 4 is 0 Å². The summed E-state index contributed by atoms with van der Waals surface area (Å²) in [6.07, 6.45) is 10.6. The summed E-state index contributed by atoms with van der Waals surface area (Å²) in [6.45, 7) is 4.89. The standard InChI is InChI=1S/C19H32O2/c1-18-8-3-4-15(18)14-6-5-12-10-13(20)7-9-19(12,2)17(14)16(21)11-18/h12-17,20-21H,3-11H2,1-2H3/t12-,13-,14-,15-,16-,17+,18-,19-/m0/s1. The minimum absolute atomic E-state index is 0.0860. The molecule has 4 aliphatic rings. The second-order valence-electron chi connectivity index (χ2n) is 9.32. The average molecular weight is 292 g/mol. The minimum atomic E-state index is -0.0996. The highest BCUT2D eigenvalue weighted by Gasteiger charge is 2.60. The quantitative estimate of drug-likeness (QED) is 0.714. The smallest absolute Gasteiger partial charge is 0.0581 e. The van der Waals surface area contributed by atoms with Crippen LogP contribution in [0.4, 0.5) is 0 Å². The summed E-state index contributed by atoms with van der Waals surface area (Å²) in [5, 5.41) is 21.1. The molecule has 0 spiro atoms. The van der Waals surface area contributed by atoms with Crippen LogP contribution >= 0.6 is 0 Å². The van der Waals surface area contributed by atoms with Crippen LogP contribution in [0, 0.1) is 34.5 Å². The van der Waals surface area contributed by atoms with Gasteiger partial charge in [0, 0.05) is 0 Å². The van der Waals surface area contributed by atoms with E-state index >= 15 is 0 Å². The molecule has 0 radical (unpaired) electrons. The Morgan fingerprint density at radius 3 is 2.57 bits per heavy atom. The van der Waals surface area contributed by atoms with Gasteiger partial charge in [0.05, 0.1) is 12.2 Å². The molecule has 0 aromatic heterocycles. The van der Waals surface area contributed by atoms with Crippen molar-refractivity contribution in [1.82, 2.24) is 0 Å². The molecular weight excluding hydrogens is 260 g/mol. The van der Waals surface area contributed by atoms with Gasteiger partial charge in [-0.15, -0.1) is 0 Å². The predicted molar refractivity (Wildman–Crippen MR) is 83.7 cm³/mol. The van der Waals surface area contributed by atoms with Crippen LogP contribution in [0.5, 0.6) is 0 Å². The van der Waals surface area contributed by atoms with E-state index < -0.39 is 0 Å². The molecule has 0 saturated heterocycles. The van der Waals surface area contributed by atoms with Crippen molar-refractivity contribution < 1.29 is 10.2 Å². The molecule has 0 aromatic rings. The van der Waals surface area contributed by atoms with Crippen LogP contribution in [-0.4, -0.2) is 22.4 Å². The third-order valence-corrected chi connectivity index (χ3v) is 8.34. The first-order chi connectivity index (χ1) is 9.94. The molecule has 0 bridgehead atoms. The summed E-state index contributed by atoms with van der Waals surface area (Å²) in [7, 11) is 0. The topological polar surface area (TPSA) is 40.5 Å². The maximum atomic E-state index is 11.0. The van der Waals surface area contributed by atoms with E-state index in [-0.39, 0.29) is 17.6 Å². The highest BCUT2D eigenvalue weighted by molar-refractivity contribution is 5.10. The maximum Gasteiger partial charge on any atom is 0.0581 e. The molecule has 0 unspecified atom stereocenters. The predicted octanol–water partition coefficient (Wildman–Crippen LogP) is 3.75. The Labute approximate surface area is 129 Å². The van der Waals surface area contributed by atoms with E-state index in [1.807, 2.05) is 0 Å². The Balaban J connectivity index is 1.67. The molecule has 4 fully saturated rings.